The number of tetrazole rings is 1. The van der Waals surface area contributed by atoms with Crippen LogP contribution in [0.25, 0.3) is 0 Å². The van der Waals surface area contributed by atoms with E-state index < -0.39 is 0 Å². The predicted octanol–water partition coefficient (Wildman–Crippen LogP) is 1.55. The molecule has 2 aromatic heterocycles. The van der Waals surface area contributed by atoms with Gasteiger partial charge in [-0.1, -0.05) is 12.8 Å². The molecular formula is C10H15N7S. The van der Waals surface area contributed by atoms with E-state index in [0.29, 0.717) is 11.9 Å². The fraction of sp³-hybridized carbons (Fsp3) is 0.600. The van der Waals surface area contributed by atoms with Crippen molar-refractivity contribution in [1.29, 1.82) is 0 Å². The summed E-state index contributed by atoms with van der Waals surface area (Å²) >= 11 is 1.41. The van der Waals surface area contributed by atoms with Gasteiger partial charge >= 0.3 is 0 Å². The zero-order chi connectivity index (χ0) is 12.5. The fourth-order valence-corrected chi connectivity index (χ4v) is 3.16. The maximum absolute atomic E-state index is 5.84. The van der Waals surface area contributed by atoms with Crippen LogP contribution < -0.4 is 5.73 Å². The molecule has 0 unspecified atom stereocenters. The molecule has 0 spiro atoms. The van der Waals surface area contributed by atoms with Crippen LogP contribution >= 0.6 is 11.8 Å². The first-order valence-corrected chi connectivity index (χ1v) is 6.83. The number of rotatable bonds is 3. The van der Waals surface area contributed by atoms with Crippen molar-refractivity contribution in [1.82, 2.24) is 30.2 Å². The van der Waals surface area contributed by atoms with Crippen LogP contribution in [0.15, 0.2) is 10.2 Å². The highest BCUT2D eigenvalue weighted by molar-refractivity contribution is 7.99. The number of nitrogens with one attached hydrogen (secondary N) is 1. The Balaban J connectivity index is 1.84. The third-order valence-electron chi connectivity index (χ3n) is 3.14. The first kappa shape index (κ1) is 11.5. The zero-order valence-electron chi connectivity index (χ0n) is 10.1. The van der Waals surface area contributed by atoms with E-state index in [1.165, 1.54) is 24.6 Å². The number of H-pyrrole nitrogens is 1. The number of nitrogens with two attached hydrogens (primary N) is 1. The zero-order valence-corrected chi connectivity index (χ0v) is 10.9. The summed E-state index contributed by atoms with van der Waals surface area (Å²) in [4.78, 5) is 7.30. The second-order valence-corrected chi connectivity index (χ2v) is 5.44. The van der Waals surface area contributed by atoms with Gasteiger partial charge in [0.2, 0.25) is 5.16 Å². The molecule has 96 valence electrons. The van der Waals surface area contributed by atoms with Crippen LogP contribution in [0.2, 0.25) is 0 Å². The van der Waals surface area contributed by atoms with Crippen molar-refractivity contribution >= 4 is 17.6 Å². The van der Waals surface area contributed by atoms with Crippen molar-refractivity contribution < 1.29 is 0 Å². The summed E-state index contributed by atoms with van der Waals surface area (Å²) in [6, 6.07) is 0.420. The van der Waals surface area contributed by atoms with Crippen molar-refractivity contribution in [3.05, 3.63) is 5.82 Å². The van der Waals surface area contributed by atoms with E-state index in [9.17, 15) is 0 Å². The molecule has 0 aromatic carbocycles. The minimum atomic E-state index is 0.420. The maximum Gasteiger partial charge on any atom is 0.216 e. The minimum absolute atomic E-state index is 0.420. The van der Waals surface area contributed by atoms with Crippen LogP contribution in [0.1, 0.15) is 37.5 Å². The van der Waals surface area contributed by atoms with E-state index in [1.807, 2.05) is 11.6 Å². The Hall–Kier alpha value is -1.57. The average Bonchev–Trinajstić information content (AvgIpc) is 3.01. The average molecular weight is 265 g/mol. The summed E-state index contributed by atoms with van der Waals surface area (Å²) in [6.45, 7) is 1.88. The summed E-state index contributed by atoms with van der Waals surface area (Å²) in [6.07, 6.45) is 4.79. The quantitative estimate of drug-likeness (QED) is 0.873. The Labute approximate surface area is 109 Å². The molecule has 0 atom stereocenters. The number of aromatic nitrogens is 6. The van der Waals surface area contributed by atoms with Crippen LogP contribution in [-0.2, 0) is 0 Å². The Bertz CT molecular complexity index is 540. The van der Waals surface area contributed by atoms with Crippen LogP contribution in [0.4, 0.5) is 5.82 Å². The van der Waals surface area contributed by atoms with Gasteiger partial charge in [0.05, 0.1) is 6.04 Å². The number of nitrogens with zero attached hydrogens (tertiary/aromatic N) is 5. The summed E-state index contributed by atoms with van der Waals surface area (Å²) in [5.41, 5.74) is 5.84. The van der Waals surface area contributed by atoms with Crippen LogP contribution in [-0.4, -0.2) is 30.2 Å². The SMILES string of the molecule is Cc1nc(Sc2nnnn2C2CCCC2)c(N)[nH]1. The van der Waals surface area contributed by atoms with Gasteiger partial charge in [0.15, 0.2) is 0 Å². The molecule has 3 N–H and O–H groups in total. The third-order valence-corrected chi connectivity index (χ3v) is 4.09. The second kappa shape index (κ2) is 4.60. The molecule has 1 aliphatic carbocycles. The van der Waals surface area contributed by atoms with Crippen molar-refractivity contribution in [3.63, 3.8) is 0 Å². The minimum Gasteiger partial charge on any atom is -0.383 e. The molecule has 0 saturated heterocycles. The number of aromatic amines is 1. The van der Waals surface area contributed by atoms with Gasteiger partial charge in [-0.15, -0.1) is 5.10 Å². The fourth-order valence-electron chi connectivity index (χ4n) is 2.28. The summed E-state index contributed by atoms with van der Waals surface area (Å²) in [7, 11) is 0. The van der Waals surface area contributed by atoms with E-state index in [1.54, 1.807) is 0 Å². The topological polar surface area (TPSA) is 98.3 Å². The summed E-state index contributed by atoms with van der Waals surface area (Å²) < 4.78 is 1.90. The highest BCUT2D eigenvalue weighted by Gasteiger charge is 2.22. The molecule has 18 heavy (non-hydrogen) atoms. The molecule has 0 radical (unpaired) electrons. The lowest BCUT2D eigenvalue weighted by molar-refractivity contribution is 0.423. The second-order valence-electron chi connectivity index (χ2n) is 4.49. The van der Waals surface area contributed by atoms with Gasteiger partial charge in [0.1, 0.15) is 16.7 Å². The lowest BCUT2D eigenvalue weighted by atomic mass is 10.3. The molecule has 0 aliphatic heterocycles. The van der Waals surface area contributed by atoms with Gasteiger partial charge < -0.3 is 10.7 Å². The van der Waals surface area contributed by atoms with E-state index in [2.05, 4.69) is 25.5 Å². The van der Waals surface area contributed by atoms with Crippen molar-refractivity contribution in [2.24, 2.45) is 0 Å². The number of nitrogen functional groups attached to an aromatic ring is 1. The summed E-state index contributed by atoms with van der Waals surface area (Å²) in [5, 5.41) is 13.4. The maximum atomic E-state index is 5.84. The molecule has 3 rings (SSSR count). The Kier molecular flexibility index (Phi) is 2.94. The Morgan fingerprint density at radius 1 is 1.39 bits per heavy atom. The number of aryl methyl sites for hydroxylation is 1. The van der Waals surface area contributed by atoms with E-state index in [-0.39, 0.29) is 0 Å². The standard InChI is InChI=1S/C10H15N7S/c1-6-12-8(11)9(13-6)18-10-14-15-16-17(10)7-4-2-3-5-7/h7H,2-5,11H2,1H3,(H,12,13). The predicted molar refractivity (Wildman–Crippen MR) is 67.2 cm³/mol. The Morgan fingerprint density at radius 2 is 2.17 bits per heavy atom. The molecule has 2 aromatic rings. The molecule has 1 saturated carbocycles. The molecule has 2 heterocycles. The normalized spacial score (nSPS) is 16.5. The smallest absolute Gasteiger partial charge is 0.216 e. The molecule has 1 fully saturated rings. The number of anilines is 1. The van der Waals surface area contributed by atoms with Gasteiger partial charge in [-0.25, -0.2) is 9.67 Å². The largest absolute Gasteiger partial charge is 0.383 e. The van der Waals surface area contributed by atoms with Gasteiger partial charge in [0, 0.05) is 0 Å². The van der Waals surface area contributed by atoms with Crippen LogP contribution in [0.3, 0.4) is 0 Å². The highest BCUT2D eigenvalue weighted by atomic mass is 32.2. The van der Waals surface area contributed by atoms with Crippen LogP contribution in [0, 0.1) is 6.92 Å². The van der Waals surface area contributed by atoms with Crippen molar-refractivity contribution in [2.45, 2.75) is 48.8 Å². The lowest BCUT2D eigenvalue weighted by Gasteiger charge is -2.09. The molecule has 8 heteroatoms. The molecule has 0 bridgehead atoms. The number of hydrogen-bond donors (Lipinski definition) is 2. The molecular weight excluding hydrogens is 250 g/mol. The molecule has 7 nitrogen and oxygen atoms in total. The number of imidazole rings is 1. The van der Waals surface area contributed by atoms with Crippen molar-refractivity contribution in [2.75, 3.05) is 5.73 Å². The van der Waals surface area contributed by atoms with Gasteiger partial charge in [-0.3, -0.25) is 0 Å². The Morgan fingerprint density at radius 3 is 2.83 bits per heavy atom. The monoisotopic (exact) mass is 265 g/mol. The first-order valence-electron chi connectivity index (χ1n) is 6.02. The van der Waals surface area contributed by atoms with E-state index >= 15 is 0 Å². The first-order chi connectivity index (χ1) is 8.74. The summed E-state index contributed by atoms with van der Waals surface area (Å²) in [5.74, 6) is 1.37. The van der Waals surface area contributed by atoms with Gasteiger partial charge in [0.25, 0.3) is 0 Å². The lowest BCUT2D eigenvalue weighted by Crippen LogP contribution is -2.08. The van der Waals surface area contributed by atoms with Crippen LogP contribution in [0.5, 0.6) is 0 Å². The van der Waals surface area contributed by atoms with E-state index in [0.717, 1.165) is 28.8 Å². The molecule has 1 aliphatic rings. The van der Waals surface area contributed by atoms with E-state index in [4.69, 9.17) is 5.73 Å². The van der Waals surface area contributed by atoms with Gasteiger partial charge in [-0.2, -0.15) is 0 Å². The highest BCUT2D eigenvalue weighted by Crippen LogP contribution is 2.34. The van der Waals surface area contributed by atoms with Gasteiger partial charge in [-0.05, 0) is 42.0 Å². The van der Waals surface area contributed by atoms with Crippen molar-refractivity contribution in [3.8, 4) is 0 Å². The third kappa shape index (κ3) is 2.07. The number of hydrogen-bond acceptors (Lipinski definition) is 6. The molecule has 0 amide bonds.